The van der Waals surface area contributed by atoms with Crippen molar-refractivity contribution < 1.29 is 9.53 Å². The summed E-state index contributed by atoms with van der Waals surface area (Å²) in [7, 11) is 0. The van der Waals surface area contributed by atoms with Crippen molar-refractivity contribution in [3.63, 3.8) is 0 Å². The summed E-state index contributed by atoms with van der Waals surface area (Å²) in [6.45, 7) is 4.06. The average molecular weight is 194 g/mol. The average Bonchev–Trinajstić information content (AvgIpc) is 1.66. The van der Waals surface area contributed by atoms with Crippen LogP contribution in [0.25, 0.3) is 0 Å². The Bertz CT molecular complexity index is 76.1. The first-order chi connectivity index (χ1) is 3.77. The standard InChI is InChI=1S/C6H12O2.2K/c1-3-4-5-8-6(2)7;;/h3-5H2,1-2H3;;. The predicted octanol–water partition coefficient (Wildman–Crippen LogP) is 0.588. The predicted molar refractivity (Wildman–Crippen MR) is 43.0 cm³/mol. The van der Waals surface area contributed by atoms with Crippen LogP contribution in [-0.2, 0) is 9.53 Å². The summed E-state index contributed by atoms with van der Waals surface area (Å²) in [6.07, 6.45) is 2.05. The van der Waals surface area contributed by atoms with Crippen LogP contribution < -0.4 is 0 Å². The Morgan fingerprint density at radius 2 is 1.90 bits per heavy atom. The number of hydrogen-bond acceptors (Lipinski definition) is 2. The van der Waals surface area contributed by atoms with Crippen LogP contribution in [0.2, 0.25) is 0 Å². The maximum atomic E-state index is 10.1. The van der Waals surface area contributed by atoms with Gasteiger partial charge in [-0.1, -0.05) is 13.3 Å². The molecule has 0 aromatic heterocycles. The molecule has 4 heteroatoms. The van der Waals surface area contributed by atoms with E-state index < -0.39 is 0 Å². The summed E-state index contributed by atoms with van der Waals surface area (Å²) in [6, 6.07) is 0. The van der Waals surface area contributed by atoms with Crippen molar-refractivity contribution in [1.82, 2.24) is 0 Å². The van der Waals surface area contributed by atoms with Gasteiger partial charge in [0.2, 0.25) is 0 Å². The number of carbonyl (C=O) groups excluding carboxylic acids is 1. The molecule has 0 unspecified atom stereocenters. The maximum Gasteiger partial charge on any atom is 0.302 e. The van der Waals surface area contributed by atoms with Crippen molar-refractivity contribution in [2.75, 3.05) is 6.61 Å². The first kappa shape index (κ1) is 18.5. The topological polar surface area (TPSA) is 26.3 Å². The van der Waals surface area contributed by atoms with Gasteiger partial charge in [0.1, 0.15) is 0 Å². The molecule has 0 heterocycles. The number of carbonyl (C=O) groups is 1. The van der Waals surface area contributed by atoms with Gasteiger partial charge in [0, 0.05) is 110 Å². The van der Waals surface area contributed by atoms with E-state index in [1.54, 1.807) is 0 Å². The fourth-order valence-electron chi connectivity index (χ4n) is 0.360. The zero-order valence-electron chi connectivity index (χ0n) is 7.44. The van der Waals surface area contributed by atoms with E-state index in [4.69, 9.17) is 0 Å². The molecule has 10 heavy (non-hydrogen) atoms. The summed E-state index contributed by atoms with van der Waals surface area (Å²) in [4.78, 5) is 10.1. The summed E-state index contributed by atoms with van der Waals surface area (Å²) in [5, 5.41) is 0. The minimum atomic E-state index is -0.182. The SMILES string of the molecule is CCCCOC(C)=O.[K].[K]. The molecule has 0 spiro atoms. The second-order valence-electron chi connectivity index (χ2n) is 1.69. The Balaban J connectivity index is -0.000000245. The number of rotatable bonds is 3. The van der Waals surface area contributed by atoms with Gasteiger partial charge in [0.25, 0.3) is 0 Å². The first-order valence-electron chi connectivity index (χ1n) is 2.90. The normalized spacial score (nSPS) is 7.00. The molecule has 0 aromatic carbocycles. The van der Waals surface area contributed by atoms with Gasteiger partial charge in [-0.05, 0) is 6.42 Å². The Labute approximate surface area is 148 Å². The van der Waals surface area contributed by atoms with Gasteiger partial charge < -0.3 is 4.74 Å². The third-order valence-electron chi connectivity index (χ3n) is 0.803. The summed E-state index contributed by atoms with van der Waals surface area (Å²) in [5.41, 5.74) is 0. The molecule has 50 valence electrons. The number of ether oxygens (including phenoxy) is 1. The largest absolute Gasteiger partial charge is 0.466 e. The van der Waals surface area contributed by atoms with Gasteiger partial charge in [0.05, 0.1) is 6.61 Å². The van der Waals surface area contributed by atoms with Crippen molar-refractivity contribution in [1.29, 1.82) is 0 Å². The number of unbranched alkanes of at least 4 members (excludes halogenated alkanes) is 1. The minimum Gasteiger partial charge on any atom is -0.466 e. The molecule has 0 aromatic rings. The molecular weight excluding hydrogens is 182 g/mol. The molecule has 0 amide bonds. The van der Waals surface area contributed by atoms with Crippen molar-refractivity contribution >= 4 is 109 Å². The van der Waals surface area contributed by atoms with Crippen LogP contribution >= 0.6 is 0 Å². The van der Waals surface area contributed by atoms with Gasteiger partial charge in [-0.2, -0.15) is 0 Å². The Hall–Kier alpha value is 2.74. The van der Waals surface area contributed by atoms with E-state index >= 15 is 0 Å². The summed E-state index contributed by atoms with van der Waals surface area (Å²) in [5.74, 6) is -0.182. The van der Waals surface area contributed by atoms with E-state index in [0.29, 0.717) is 6.61 Å². The Kier molecular flexibility index (Phi) is 26.4. The van der Waals surface area contributed by atoms with Crippen molar-refractivity contribution in [3.05, 3.63) is 0 Å². The fourth-order valence-corrected chi connectivity index (χ4v) is 0.360. The monoisotopic (exact) mass is 194 g/mol. The molecular formula is C6H12K2O2. The van der Waals surface area contributed by atoms with Crippen LogP contribution in [0.5, 0.6) is 0 Å². The molecule has 2 nitrogen and oxygen atoms in total. The molecule has 0 saturated heterocycles. The van der Waals surface area contributed by atoms with Gasteiger partial charge in [-0.3, -0.25) is 4.79 Å². The molecule has 2 radical (unpaired) electrons. The third kappa shape index (κ3) is 17.0. The summed E-state index contributed by atoms with van der Waals surface area (Å²) < 4.78 is 4.64. The van der Waals surface area contributed by atoms with Crippen LogP contribution in [0.4, 0.5) is 0 Å². The Morgan fingerprint density at radius 1 is 1.40 bits per heavy atom. The van der Waals surface area contributed by atoms with Gasteiger partial charge in [0.15, 0.2) is 0 Å². The molecule has 0 fully saturated rings. The van der Waals surface area contributed by atoms with Crippen LogP contribution in [0.3, 0.4) is 0 Å². The summed E-state index contributed by atoms with van der Waals surface area (Å²) >= 11 is 0. The van der Waals surface area contributed by atoms with Gasteiger partial charge in [-0.15, -0.1) is 0 Å². The molecule has 0 saturated carbocycles. The zero-order chi connectivity index (χ0) is 6.41. The van der Waals surface area contributed by atoms with Crippen LogP contribution in [0.15, 0.2) is 0 Å². The van der Waals surface area contributed by atoms with Crippen LogP contribution in [0.1, 0.15) is 26.7 Å². The van der Waals surface area contributed by atoms with E-state index in [2.05, 4.69) is 11.7 Å². The fraction of sp³-hybridized carbons (Fsp3) is 0.833. The molecule has 0 N–H and O–H groups in total. The van der Waals surface area contributed by atoms with Crippen molar-refractivity contribution in [2.45, 2.75) is 26.7 Å². The molecule has 0 rings (SSSR count). The second-order valence-corrected chi connectivity index (χ2v) is 1.69. The quantitative estimate of drug-likeness (QED) is 0.373. The zero-order valence-corrected chi connectivity index (χ0v) is 13.7. The molecule has 0 atom stereocenters. The van der Waals surface area contributed by atoms with E-state index in [-0.39, 0.29) is 109 Å². The van der Waals surface area contributed by atoms with E-state index in [9.17, 15) is 4.79 Å². The van der Waals surface area contributed by atoms with Gasteiger partial charge >= 0.3 is 5.97 Å². The molecule has 0 aliphatic heterocycles. The van der Waals surface area contributed by atoms with E-state index in [1.807, 2.05) is 0 Å². The van der Waals surface area contributed by atoms with E-state index in [1.165, 1.54) is 6.92 Å². The first-order valence-corrected chi connectivity index (χ1v) is 2.90. The molecule has 0 bridgehead atoms. The van der Waals surface area contributed by atoms with Crippen molar-refractivity contribution in [3.8, 4) is 0 Å². The second kappa shape index (κ2) is 14.3. The maximum absolute atomic E-state index is 10.1. The van der Waals surface area contributed by atoms with Crippen LogP contribution in [-0.4, -0.2) is 115 Å². The Morgan fingerprint density at radius 3 is 2.20 bits per heavy atom. The molecule has 0 aliphatic carbocycles. The third-order valence-corrected chi connectivity index (χ3v) is 0.803. The van der Waals surface area contributed by atoms with E-state index in [0.717, 1.165) is 12.8 Å². The van der Waals surface area contributed by atoms with Gasteiger partial charge in [-0.25, -0.2) is 0 Å². The minimum absolute atomic E-state index is 0. The molecule has 0 aliphatic rings. The smallest absolute Gasteiger partial charge is 0.302 e. The number of esters is 1. The number of hydrogen-bond donors (Lipinski definition) is 0. The van der Waals surface area contributed by atoms with Crippen LogP contribution in [0, 0.1) is 0 Å². The van der Waals surface area contributed by atoms with Crippen molar-refractivity contribution in [2.24, 2.45) is 0 Å².